The summed E-state index contributed by atoms with van der Waals surface area (Å²) < 4.78 is 26.7. The van der Waals surface area contributed by atoms with Gasteiger partial charge in [-0.2, -0.15) is 5.10 Å². The lowest BCUT2D eigenvalue weighted by Crippen LogP contribution is -2.29. The van der Waals surface area contributed by atoms with Crippen molar-refractivity contribution in [3.8, 4) is 0 Å². The van der Waals surface area contributed by atoms with Crippen LogP contribution in [-0.2, 0) is 10.0 Å². The van der Waals surface area contributed by atoms with Gasteiger partial charge in [-0.05, 0) is 6.92 Å². The quantitative estimate of drug-likeness (QED) is 0.634. The summed E-state index contributed by atoms with van der Waals surface area (Å²) in [7, 11) is -3.27. The van der Waals surface area contributed by atoms with Crippen LogP contribution >= 0.6 is 0 Å². The number of nitrogens with one attached hydrogen (secondary N) is 3. The average molecular weight is 300 g/mol. The summed E-state index contributed by atoms with van der Waals surface area (Å²) >= 11 is 0. The van der Waals surface area contributed by atoms with Crippen molar-refractivity contribution in [2.45, 2.75) is 13.8 Å². The molecular formula is C10H16N6O3S. The number of aromatic nitrogens is 4. The Hall–Kier alpha value is -1.94. The lowest BCUT2D eigenvalue weighted by molar-refractivity contribution is 0.584. The van der Waals surface area contributed by atoms with Crippen molar-refractivity contribution < 1.29 is 8.42 Å². The van der Waals surface area contributed by atoms with Gasteiger partial charge in [-0.15, -0.1) is 0 Å². The molecular weight excluding hydrogens is 284 g/mol. The number of hydrogen-bond acceptors (Lipinski definition) is 6. The van der Waals surface area contributed by atoms with Crippen LogP contribution in [0.5, 0.6) is 0 Å². The van der Waals surface area contributed by atoms with Crippen LogP contribution < -0.4 is 15.7 Å². The van der Waals surface area contributed by atoms with Gasteiger partial charge >= 0.3 is 5.69 Å². The Bertz CT molecular complexity index is 763. The number of fused-ring (bicyclic) bond motifs is 1. The van der Waals surface area contributed by atoms with Crippen LogP contribution in [0.2, 0.25) is 0 Å². The van der Waals surface area contributed by atoms with E-state index in [2.05, 4.69) is 25.2 Å². The second-order valence-corrected chi connectivity index (χ2v) is 6.08. The molecule has 2 aromatic rings. The van der Waals surface area contributed by atoms with Crippen LogP contribution in [0.4, 0.5) is 5.82 Å². The predicted molar refractivity (Wildman–Crippen MR) is 74.3 cm³/mol. The molecule has 0 amide bonds. The molecule has 2 rings (SSSR count). The topological polar surface area (TPSA) is 121 Å². The smallest absolute Gasteiger partial charge is 0.349 e. The van der Waals surface area contributed by atoms with E-state index in [9.17, 15) is 13.2 Å². The first-order valence-corrected chi connectivity index (χ1v) is 7.74. The first-order chi connectivity index (χ1) is 9.43. The van der Waals surface area contributed by atoms with Gasteiger partial charge in [0.1, 0.15) is 11.6 Å². The van der Waals surface area contributed by atoms with Gasteiger partial charge in [0.2, 0.25) is 10.0 Å². The highest BCUT2D eigenvalue weighted by Gasteiger charge is 2.09. The summed E-state index contributed by atoms with van der Waals surface area (Å²) in [4.78, 5) is 15.6. The Morgan fingerprint density at radius 1 is 1.45 bits per heavy atom. The number of sulfonamides is 1. The minimum Gasteiger partial charge on any atom is -0.369 e. The lowest BCUT2D eigenvalue weighted by atomic mass is 10.5. The molecule has 9 nitrogen and oxygen atoms in total. The van der Waals surface area contributed by atoms with Crippen molar-refractivity contribution in [1.29, 1.82) is 0 Å². The third-order valence-electron chi connectivity index (χ3n) is 2.61. The summed E-state index contributed by atoms with van der Waals surface area (Å²) in [5.74, 6) is 0.888. The van der Waals surface area contributed by atoms with Crippen molar-refractivity contribution in [1.82, 2.24) is 24.3 Å². The maximum Gasteiger partial charge on any atom is 0.349 e. The first-order valence-electron chi connectivity index (χ1n) is 6.09. The van der Waals surface area contributed by atoms with Crippen LogP contribution in [0.25, 0.3) is 5.65 Å². The van der Waals surface area contributed by atoms with Crippen molar-refractivity contribution >= 4 is 21.5 Å². The maximum atomic E-state index is 11.5. The molecule has 20 heavy (non-hydrogen) atoms. The zero-order chi connectivity index (χ0) is 14.8. The Labute approximate surface area is 115 Å². The number of hydrogen-bond donors (Lipinski definition) is 3. The van der Waals surface area contributed by atoms with E-state index in [1.807, 2.05) is 0 Å². The molecule has 0 atom stereocenters. The monoisotopic (exact) mass is 300 g/mol. The van der Waals surface area contributed by atoms with Gasteiger partial charge in [-0.1, -0.05) is 6.92 Å². The van der Waals surface area contributed by atoms with Crippen LogP contribution in [0.3, 0.4) is 0 Å². The molecule has 0 radical (unpaired) electrons. The van der Waals surface area contributed by atoms with E-state index in [0.29, 0.717) is 23.8 Å². The fraction of sp³-hybridized carbons (Fsp3) is 0.500. The third kappa shape index (κ3) is 3.14. The van der Waals surface area contributed by atoms with Crippen molar-refractivity contribution in [2.24, 2.45) is 0 Å². The van der Waals surface area contributed by atoms with Crippen LogP contribution in [0, 0.1) is 6.92 Å². The summed E-state index contributed by atoms with van der Waals surface area (Å²) in [6.07, 6.45) is 0. The molecule has 0 aliphatic carbocycles. The fourth-order valence-corrected chi connectivity index (χ4v) is 2.75. The Morgan fingerprint density at radius 2 is 2.20 bits per heavy atom. The Kier molecular flexibility index (Phi) is 4.04. The molecule has 0 bridgehead atoms. The maximum absolute atomic E-state index is 11.5. The number of anilines is 1. The zero-order valence-electron chi connectivity index (χ0n) is 11.2. The van der Waals surface area contributed by atoms with Crippen LogP contribution in [-0.4, -0.2) is 46.8 Å². The first kappa shape index (κ1) is 14.5. The summed E-state index contributed by atoms with van der Waals surface area (Å²) in [5.41, 5.74) is 0.0748. The molecule has 2 heterocycles. The molecule has 0 unspecified atom stereocenters. The molecule has 0 aliphatic rings. The minimum absolute atomic E-state index is 0.0554. The molecule has 2 aromatic heterocycles. The standard InChI is InChI=1S/C10H16N6O3S/c1-3-12-20(18,19)5-4-11-8-6-9-14-15-10(17)16(9)7(2)13-8/h6,11-12H,3-5H2,1-2H3,(H,15,17). The summed E-state index contributed by atoms with van der Waals surface area (Å²) in [5, 5.41) is 9.07. The Morgan fingerprint density at radius 3 is 2.90 bits per heavy atom. The number of rotatable bonds is 6. The molecule has 110 valence electrons. The van der Waals surface area contributed by atoms with E-state index < -0.39 is 10.0 Å². The van der Waals surface area contributed by atoms with Crippen LogP contribution in [0.15, 0.2) is 10.9 Å². The van der Waals surface area contributed by atoms with Gasteiger partial charge in [0.05, 0.1) is 5.75 Å². The van der Waals surface area contributed by atoms with E-state index >= 15 is 0 Å². The molecule has 0 aromatic carbocycles. The van der Waals surface area contributed by atoms with E-state index in [-0.39, 0.29) is 18.0 Å². The van der Waals surface area contributed by atoms with E-state index in [1.165, 1.54) is 4.40 Å². The molecule has 10 heteroatoms. The number of H-pyrrole nitrogens is 1. The van der Waals surface area contributed by atoms with Crippen molar-refractivity contribution in [3.05, 3.63) is 22.4 Å². The molecule has 0 saturated heterocycles. The minimum atomic E-state index is -3.27. The van der Waals surface area contributed by atoms with E-state index in [1.54, 1.807) is 19.9 Å². The molecule has 0 aliphatic heterocycles. The molecule has 0 fully saturated rings. The van der Waals surface area contributed by atoms with E-state index in [4.69, 9.17) is 0 Å². The second kappa shape index (κ2) is 5.59. The number of aromatic amines is 1. The van der Waals surface area contributed by atoms with Gasteiger partial charge < -0.3 is 5.32 Å². The normalized spacial score (nSPS) is 11.9. The summed E-state index contributed by atoms with van der Waals surface area (Å²) in [6, 6.07) is 1.57. The van der Waals surface area contributed by atoms with Gasteiger partial charge in [0, 0.05) is 19.2 Å². The molecule has 0 spiro atoms. The highest BCUT2D eigenvalue weighted by atomic mass is 32.2. The van der Waals surface area contributed by atoms with Gasteiger partial charge in [0.25, 0.3) is 0 Å². The van der Waals surface area contributed by atoms with Gasteiger partial charge in [0.15, 0.2) is 5.65 Å². The zero-order valence-corrected chi connectivity index (χ0v) is 12.0. The molecule has 3 N–H and O–H groups in total. The fourth-order valence-electron chi connectivity index (χ4n) is 1.79. The number of aryl methyl sites for hydroxylation is 1. The predicted octanol–water partition coefficient (Wildman–Crippen LogP) is -0.923. The largest absolute Gasteiger partial charge is 0.369 e. The highest BCUT2D eigenvalue weighted by Crippen LogP contribution is 2.07. The second-order valence-electron chi connectivity index (χ2n) is 4.15. The third-order valence-corrected chi connectivity index (χ3v) is 4.08. The van der Waals surface area contributed by atoms with Gasteiger partial charge in [-0.25, -0.2) is 32.4 Å². The van der Waals surface area contributed by atoms with Crippen molar-refractivity contribution in [2.75, 3.05) is 24.2 Å². The SMILES string of the molecule is CCNS(=O)(=O)CCNc1cc2n[nH]c(=O)n2c(C)n1. The van der Waals surface area contributed by atoms with Gasteiger partial charge in [-0.3, -0.25) is 0 Å². The average Bonchev–Trinajstić information content (AvgIpc) is 2.71. The molecule has 0 saturated carbocycles. The van der Waals surface area contributed by atoms with Crippen molar-refractivity contribution in [3.63, 3.8) is 0 Å². The summed E-state index contributed by atoms with van der Waals surface area (Å²) in [6.45, 7) is 3.97. The lowest BCUT2D eigenvalue weighted by Gasteiger charge is -2.08. The van der Waals surface area contributed by atoms with E-state index in [0.717, 1.165) is 0 Å². The number of nitrogens with zero attached hydrogens (tertiary/aromatic N) is 3. The Balaban J connectivity index is 2.09. The van der Waals surface area contributed by atoms with Crippen LogP contribution in [0.1, 0.15) is 12.7 Å². The highest BCUT2D eigenvalue weighted by molar-refractivity contribution is 7.89.